The molecular weight excluding hydrogens is 242 g/mol. The minimum atomic E-state index is -0.531. The van der Waals surface area contributed by atoms with Gasteiger partial charge in [0.15, 0.2) is 0 Å². The van der Waals surface area contributed by atoms with Crippen LogP contribution in [0.25, 0.3) is 0 Å². The summed E-state index contributed by atoms with van der Waals surface area (Å²) in [7, 11) is 0. The van der Waals surface area contributed by atoms with Crippen molar-refractivity contribution in [1.82, 2.24) is 0 Å². The van der Waals surface area contributed by atoms with Crippen molar-refractivity contribution in [2.75, 3.05) is 13.2 Å². The molecule has 2 saturated heterocycles. The summed E-state index contributed by atoms with van der Waals surface area (Å²) in [5.41, 5.74) is 5.98. The predicted molar refractivity (Wildman–Crippen MR) is 70.4 cm³/mol. The van der Waals surface area contributed by atoms with E-state index in [0.29, 0.717) is 26.0 Å². The number of benzene rings is 1. The standard InChI is InChI=1S/C15H19NO3/c1-2-18-13(17)15-8-14(9-15,10-16)19-12(15)11-6-4-3-5-7-11/h3-7,12H,2,8-10,16H2,1H3. The first-order chi connectivity index (χ1) is 9.16. The molecule has 1 aromatic carbocycles. The van der Waals surface area contributed by atoms with Gasteiger partial charge in [-0.15, -0.1) is 0 Å². The van der Waals surface area contributed by atoms with Gasteiger partial charge in [0.25, 0.3) is 0 Å². The van der Waals surface area contributed by atoms with Crippen LogP contribution >= 0.6 is 0 Å². The molecule has 3 aliphatic rings. The van der Waals surface area contributed by atoms with E-state index in [0.717, 1.165) is 5.56 Å². The normalized spacial score (nSPS) is 35.8. The molecule has 0 amide bonds. The van der Waals surface area contributed by atoms with E-state index in [1.54, 1.807) is 0 Å². The Labute approximate surface area is 112 Å². The lowest BCUT2D eigenvalue weighted by atomic mass is 9.59. The molecule has 1 aromatic rings. The molecule has 2 bridgehead atoms. The Morgan fingerprint density at radius 3 is 2.68 bits per heavy atom. The van der Waals surface area contributed by atoms with Crippen molar-refractivity contribution < 1.29 is 14.3 Å². The van der Waals surface area contributed by atoms with Gasteiger partial charge >= 0.3 is 5.97 Å². The first-order valence-corrected chi connectivity index (χ1v) is 6.76. The van der Waals surface area contributed by atoms with Gasteiger partial charge in [-0.2, -0.15) is 0 Å². The summed E-state index contributed by atoms with van der Waals surface area (Å²) in [6.07, 6.45) is 1.13. The van der Waals surface area contributed by atoms with Crippen LogP contribution in [0, 0.1) is 5.41 Å². The van der Waals surface area contributed by atoms with Crippen molar-refractivity contribution in [3.63, 3.8) is 0 Å². The first kappa shape index (κ1) is 12.6. The van der Waals surface area contributed by atoms with Crippen LogP contribution in [-0.4, -0.2) is 24.7 Å². The van der Waals surface area contributed by atoms with Crippen molar-refractivity contribution in [1.29, 1.82) is 0 Å². The molecule has 3 fully saturated rings. The molecule has 4 rings (SSSR count). The monoisotopic (exact) mass is 261 g/mol. The molecule has 102 valence electrons. The summed E-state index contributed by atoms with van der Waals surface area (Å²) < 4.78 is 11.4. The Bertz CT molecular complexity index is 479. The molecule has 0 radical (unpaired) electrons. The van der Waals surface area contributed by atoms with Crippen LogP contribution in [0.5, 0.6) is 0 Å². The maximum absolute atomic E-state index is 12.3. The van der Waals surface area contributed by atoms with Crippen LogP contribution in [0.15, 0.2) is 30.3 Å². The number of nitrogens with two attached hydrogens (primary N) is 1. The van der Waals surface area contributed by atoms with Crippen LogP contribution in [0.3, 0.4) is 0 Å². The molecule has 1 saturated carbocycles. The number of fused-ring (bicyclic) bond motifs is 1. The number of rotatable bonds is 4. The minimum absolute atomic E-state index is 0.148. The van der Waals surface area contributed by atoms with Crippen molar-refractivity contribution in [3.8, 4) is 0 Å². The molecule has 4 heteroatoms. The molecular formula is C15H19NO3. The molecule has 1 atom stereocenters. The fraction of sp³-hybridized carbons (Fsp3) is 0.533. The van der Waals surface area contributed by atoms with E-state index in [4.69, 9.17) is 15.2 Å². The number of hydrogen-bond acceptors (Lipinski definition) is 4. The Morgan fingerprint density at radius 1 is 1.42 bits per heavy atom. The van der Waals surface area contributed by atoms with Gasteiger partial charge in [-0.25, -0.2) is 0 Å². The lowest BCUT2D eigenvalue weighted by molar-refractivity contribution is -0.161. The van der Waals surface area contributed by atoms with Gasteiger partial charge in [0.2, 0.25) is 0 Å². The van der Waals surface area contributed by atoms with Crippen LogP contribution in [0.2, 0.25) is 0 Å². The number of carbonyl (C=O) groups excluding carboxylic acids is 1. The number of carbonyl (C=O) groups is 1. The van der Waals surface area contributed by atoms with Crippen molar-refractivity contribution in [2.24, 2.45) is 11.1 Å². The first-order valence-electron chi connectivity index (χ1n) is 6.76. The van der Waals surface area contributed by atoms with Crippen LogP contribution in [0.1, 0.15) is 31.4 Å². The average molecular weight is 261 g/mol. The SMILES string of the molecule is CCOC(=O)C12CC(CN)(C1)OC2c1ccccc1. The number of esters is 1. The highest BCUT2D eigenvalue weighted by Gasteiger charge is 2.71. The quantitative estimate of drug-likeness (QED) is 0.839. The fourth-order valence-electron chi connectivity index (χ4n) is 3.46. The molecule has 0 aromatic heterocycles. The Hall–Kier alpha value is -1.39. The van der Waals surface area contributed by atoms with Gasteiger partial charge in [0.05, 0.1) is 18.3 Å². The molecule has 2 aliphatic heterocycles. The van der Waals surface area contributed by atoms with Gasteiger partial charge < -0.3 is 15.2 Å². The number of hydrogen-bond donors (Lipinski definition) is 1. The van der Waals surface area contributed by atoms with Crippen molar-refractivity contribution in [3.05, 3.63) is 35.9 Å². The maximum Gasteiger partial charge on any atom is 0.315 e. The van der Waals surface area contributed by atoms with Crippen molar-refractivity contribution in [2.45, 2.75) is 31.5 Å². The zero-order valence-corrected chi connectivity index (χ0v) is 11.1. The summed E-state index contributed by atoms with van der Waals surface area (Å²) in [5, 5.41) is 0. The third-order valence-corrected chi connectivity index (χ3v) is 4.30. The van der Waals surface area contributed by atoms with Gasteiger partial charge in [-0.1, -0.05) is 30.3 Å². The summed E-state index contributed by atoms with van der Waals surface area (Å²) in [5.74, 6) is -0.148. The average Bonchev–Trinajstić information content (AvgIpc) is 2.91. The lowest BCUT2D eigenvalue weighted by Crippen LogP contribution is -2.53. The zero-order valence-electron chi connectivity index (χ0n) is 11.1. The van der Waals surface area contributed by atoms with Crippen LogP contribution in [-0.2, 0) is 14.3 Å². The third kappa shape index (κ3) is 1.70. The van der Waals surface area contributed by atoms with E-state index in [2.05, 4.69) is 0 Å². The highest BCUT2D eigenvalue weighted by Crippen LogP contribution is 2.67. The van der Waals surface area contributed by atoms with E-state index in [1.807, 2.05) is 37.3 Å². The van der Waals surface area contributed by atoms with Gasteiger partial charge in [0, 0.05) is 6.54 Å². The highest BCUT2D eigenvalue weighted by atomic mass is 16.6. The smallest absolute Gasteiger partial charge is 0.315 e. The summed E-state index contributed by atoms with van der Waals surface area (Å²) in [4.78, 5) is 12.3. The zero-order chi connectivity index (χ0) is 13.5. The Kier molecular flexibility index (Phi) is 2.87. The van der Waals surface area contributed by atoms with Crippen molar-refractivity contribution >= 4 is 5.97 Å². The van der Waals surface area contributed by atoms with Gasteiger partial charge in [-0.3, -0.25) is 4.79 Å². The molecule has 2 heterocycles. The third-order valence-electron chi connectivity index (χ3n) is 4.30. The second kappa shape index (κ2) is 4.32. The molecule has 2 N–H and O–H groups in total. The molecule has 19 heavy (non-hydrogen) atoms. The highest BCUT2D eigenvalue weighted by molar-refractivity contribution is 5.81. The largest absolute Gasteiger partial charge is 0.465 e. The molecule has 0 spiro atoms. The van der Waals surface area contributed by atoms with Crippen LogP contribution < -0.4 is 5.73 Å². The second-order valence-electron chi connectivity index (χ2n) is 5.53. The Morgan fingerprint density at radius 2 is 2.11 bits per heavy atom. The predicted octanol–water partition coefficient (Wildman–Crippen LogP) is 1.80. The second-order valence-corrected chi connectivity index (χ2v) is 5.53. The molecule has 1 unspecified atom stereocenters. The fourth-order valence-corrected chi connectivity index (χ4v) is 3.46. The maximum atomic E-state index is 12.3. The summed E-state index contributed by atoms with van der Waals surface area (Å²) in [6, 6.07) is 9.87. The van der Waals surface area contributed by atoms with E-state index in [-0.39, 0.29) is 17.7 Å². The van der Waals surface area contributed by atoms with Crippen LogP contribution in [0.4, 0.5) is 0 Å². The molecule has 4 nitrogen and oxygen atoms in total. The van der Waals surface area contributed by atoms with E-state index in [1.165, 1.54) is 0 Å². The summed E-state index contributed by atoms with van der Waals surface area (Å²) >= 11 is 0. The summed E-state index contributed by atoms with van der Waals surface area (Å²) in [6.45, 7) is 2.69. The molecule has 1 aliphatic carbocycles. The lowest BCUT2D eigenvalue weighted by Gasteiger charge is -2.42. The van der Waals surface area contributed by atoms with E-state index in [9.17, 15) is 4.79 Å². The van der Waals surface area contributed by atoms with Gasteiger partial charge in [-0.05, 0) is 25.3 Å². The van der Waals surface area contributed by atoms with E-state index < -0.39 is 5.41 Å². The topological polar surface area (TPSA) is 61.5 Å². The van der Waals surface area contributed by atoms with Gasteiger partial charge in [0.1, 0.15) is 5.41 Å². The minimum Gasteiger partial charge on any atom is -0.465 e. The van der Waals surface area contributed by atoms with E-state index >= 15 is 0 Å². The Balaban J connectivity index is 1.93. The number of ether oxygens (including phenoxy) is 2.